The molecule has 1 fully saturated rings. The first kappa shape index (κ1) is 8.50. The van der Waals surface area contributed by atoms with Crippen LogP contribution in [0.1, 0.15) is 65.6 Å². The number of carboxylic acid groups (broad SMARTS) is 1. The number of rotatable bonds is 6. The Hall–Kier alpha value is -1.84. The fraction of sp³-hybridized carbons (Fsp3) is 0.600. The van der Waals surface area contributed by atoms with Crippen LogP contribution in [0.2, 0.25) is 0 Å². The summed E-state index contributed by atoms with van der Waals surface area (Å²) in [4.78, 5) is 24.6. The summed E-state index contributed by atoms with van der Waals surface area (Å²) in [6, 6.07) is -2.89. The van der Waals surface area contributed by atoms with Crippen molar-refractivity contribution in [3.8, 4) is 0 Å². The molecular formula is C20H29NO3. The Bertz CT molecular complexity index is 939. The Morgan fingerprint density at radius 3 is 2.46 bits per heavy atom. The molecule has 0 radical (unpaired) electrons. The van der Waals surface area contributed by atoms with E-state index in [9.17, 15) is 14.7 Å². The molecule has 0 bridgehead atoms. The lowest BCUT2D eigenvalue weighted by molar-refractivity contribution is -0.142. The monoisotopic (exact) mass is 342 g/mol. The minimum atomic E-state index is -3.06. The van der Waals surface area contributed by atoms with Crippen molar-refractivity contribution in [2.75, 3.05) is 0 Å². The third kappa shape index (κ3) is 5.08. The first-order valence-corrected chi connectivity index (χ1v) is 7.93. The van der Waals surface area contributed by atoms with E-state index < -0.39 is 55.8 Å². The second kappa shape index (κ2) is 8.32. The summed E-state index contributed by atoms with van der Waals surface area (Å²) in [7, 11) is 0. The van der Waals surface area contributed by atoms with E-state index in [0.717, 1.165) is 0 Å². The van der Waals surface area contributed by atoms with Crippen molar-refractivity contribution in [2.45, 2.75) is 58.8 Å². The molecule has 0 aromatic heterocycles. The van der Waals surface area contributed by atoms with Gasteiger partial charge in [-0.2, -0.15) is 0 Å². The Morgan fingerprint density at radius 2 is 1.92 bits per heavy atom. The topological polar surface area (TPSA) is 66.4 Å². The maximum absolute atomic E-state index is 12.8. The van der Waals surface area contributed by atoms with E-state index in [1.165, 1.54) is 6.92 Å². The summed E-state index contributed by atoms with van der Waals surface area (Å²) < 4.78 is 86.0. The first-order chi connectivity index (χ1) is 15.8. The standard InChI is InChI=1S/C20H29NO3/c1-13(2)16-8-10-17(11-9-16)19(22)21-18(20(23)24)12-15-6-4-14(3)5-7-15/h4-7,13,16-18H,8-12H2,1-3H3,(H,21,22)(H,23,24)/t16-,17-,18-/m1/s1/i1D3,2D3,4D,5D,6D,7D,13D. The zero-order valence-electron chi connectivity index (χ0n) is 24.5. The summed E-state index contributed by atoms with van der Waals surface area (Å²) >= 11 is 0. The second-order valence-electron chi connectivity index (χ2n) is 6.17. The predicted molar refractivity (Wildman–Crippen MR) is 94.7 cm³/mol. The molecule has 1 aromatic carbocycles. The molecule has 1 saturated carbocycles. The van der Waals surface area contributed by atoms with E-state index in [-0.39, 0.29) is 61.0 Å². The van der Waals surface area contributed by atoms with Gasteiger partial charge in [-0.1, -0.05) is 43.4 Å². The van der Waals surface area contributed by atoms with Gasteiger partial charge >= 0.3 is 5.97 Å². The van der Waals surface area contributed by atoms with Gasteiger partial charge in [-0.05, 0) is 50.0 Å². The van der Waals surface area contributed by atoms with Crippen LogP contribution in [0, 0.1) is 24.7 Å². The van der Waals surface area contributed by atoms with Crippen LogP contribution in [0.5, 0.6) is 0 Å². The van der Waals surface area contributed by atoms with Crippen LogP contribution >= 0.6 is 0 Å². The zero-order chi connectivity index (χ0) is 27.1. The molecule has 1 aliphatic rings. The molecule has 0 spiro atoms. The number of amides is 1. The van der Waals surface area contributed by atoms with Gasteiger partial charge in [0.2, 0.25) is 5.91 Å². The Morgan fingerprint density at radius 1 is 1.29 bits per heavy atom. The van der Waals surface area contributed by atoms with E-state index in [0.29, 0.717) is 0 Å². The minimum Gasteiger partial charge on any atom is -0.480 e. The quantitative estimate of drug-likeness (QED) is 0.830. The molecule has 4 heteroatoms. The number of carbonyl (C=O) groups is 2. The number of aliphatic carboxylic acids is 1. The smallest absolute Gasteiger partial charge is 0.326 e. The summed E-state index contributed by atoms with van der Waals surface area (Å²) in [6.07, 6.45) is -0.346. The van der Waals surface area contributed by atoms with Gasteiger partial charge in [0.15, 0.2) is 0 Å². The number of nitrogens with one attached hydrogen (secondary N) is 1. The minimum absolute atomic E-state index is 0.00773. The van der Waals surface area contributed by atoms with Gasteiger partial charge in [-0.25, -0.2) is 4.79 Å². The zero-order valence-corrected chi connectivity index (χ0v) is 13.5. The molecule has 0 heterocycles. The summed E-state index contributed by atoms with van der Waals surface area (Å²) in [6.45, 7) is -4.70. The summed E-state index contributed by atoms with van der Waals surface area (Å²) in [5.41, 5.74) is -0.0210. The number of carboxylic acids is 1. The van der Waals surface area contributed by atoms with Gasteiger partial charge in [0.05, 0.1) is 5.48 Å². The van der Waals surface area contributed by atoms with Gasteiger partial charge in [-0.3, -0.25) is 4.79 Å². The fourth-order valence-electron chi connectivity index (χ4n) is 2.84. The molecule has 1 atom stereocenters. The van der Waals surface area contributed by atoms with E-state index in [1.54, 1.807) is 0 Å². The van der Waals surface area contributed by atoms with Crippen LogP contribution in [-0.2, 0) is 16.0 Å². The van der Waals surface area contributed by atoms with Gasteiger partial charge in [0.25, 0.3) is 0 Å². The highest BCUT2D eigenvalue weighted by atomic mass is 16.4. The summed E-state index contributed by atoms with van der Waals surface area (Å²) in [5, 5.41) is 12.0. The lowest BCUT2D eigenvalue weighted by Crippen LogP contribution is -2.45. The molecule has 4 nitrogen and oxygen atoms in total. The highest BCUT2D eigenvalue weighted by Gasteiger charge is 2.30. The van der Waals surface area contributed by atoms with Crippen molar-refractivity contribution in [2.24, 2.45) is 17.7 Å². The predicted octanol–water partition coefficient (Wildman–Crippen LogP) is 3.57. The largest absolute Gasteiger partial charge is 0.480 e. The first-order valence-electron chi connectivity index (χ1n) is 13.4. The van der Waals surface area contributed by atoms with E-state index in [1.807, 2.05) is 0 Å². The molecule has 0 aliphatic heterocycles. The third-order valence-electron chi connectivity index (χ3n) is 4.33. The average Bonchev–Trinajstić information content (AvgIpc) is 2.76. The molecule has 1 amide bonds. The lowest BCUT2D eigenvalue weighted by atomic mass is 9.76. The third-order valence-corrected chi connectivity index (χ3v) is 4.33. The van der Waals surface area contributed by atoms with Gasteiger partial charge in [0.1, 0.15) is 6.04 Å². The Balaban J connectivity index is 2.16. The highest BCUT2D eigenvalue weighted by molar-refractivity contribution is 5.85. The van der Waals surface area contributed by atoms with Crippen LogP contribution in [0.4, 0.5) is 0 Å². The molecule has 0 unspecified atom stereocenters. The number of carbonyl (C=O) groups excluding carboxylic acids is 1. The molecule has 1 aromatic rings. The SMILES string of the molecule is [2H]c1c([2H])c(C[C@@H](NC(=O)[C@H]2CC[C@H](C([2H])(C([2H])([2H])[2H])C([2H])([2H])[2H])CC2)C(=O)O)c([2H])c([2H])c1C. The van der Waals surface area contributed by atoms with Crippen molar-refractivity contribution in [3.05, 3.63) is 35.3 Å². The fourth-order valence-corrected chi connectivity index (χ4v) is 2.84. The molecule has 1 aliphatic carbocycles. The molecular weight excluding hydrogens is 302 g/mol. The lowest BCUT2D eigenvalue weighted by Gasteiger charge is -2.30. The van der Waals surface area contributed by atoms with Gasteiger partial charge in [0, 0.05) is 21.9 Å². The van der Waals surface area contributed by atoms with Crippen molar-refractivity contribution < 1.29 is 29.8 Å². The van der Waals surface area contributed by atoms with E-state index in [4.69, 9.17) is 15.1 Å². The van der Waals surface area contributed by atoms with Gasteiger partial charge < -0.3 is 10.4 Å². The van der Waals surface area contributed by atoms with Crippen LogP contribution < -0.4 is 5.32 Å². The van der Waals surface area contributed by atoms with Crippen LogP contribution in [0.15, 0.2) is 24.2 Å². The van der Waals surface area contributed by atoms with Crippen LogP contribution in [0.25, 0.3) is 0 Å². The number of hydrogen-bond donors (Lipinski definition) is 2. The number of hydrogen-bond acceptors (Lipinski definition) is 2. The van der Waals surface area contributed by atoms with Crippen molar-refractivity contribution >= 4 is 11.9 Å². The molecule has 132 valence electrons. The molecule has 24 heavy (non-hydrogen) atoms. The van der Waals surface area contributed by atoms with Crippen LogP contribution in [0.3, 0.4) is 0 Å². The van der Waals surface area contributed by atoms with Crippen molar-refractivity contribution in [1.82, 2.24) is 5.32 Å². The average molecular weight is 343 g/mol. The Kier molecular flexibility index (Phi) is 2.95. The van der Waals surface area contributed by atoms with Crippen molar-refractivity contribution in [1.29, 1.82) is 0 Å². The normalized spacial score (nSPS) is 30.3. The van der Waals surface area contributed by atoms with E-state index in [2.05, 4.69) is 5.32 Å². The number of benzene rings is 1. The Labute approximate surface area is 160 Å². The maximum atomic E-state index is 12.8. The highest BCUT2D eigenvalue weighted by Crippen LogP contribution is 2.33. The maximum Gasteiger partial charge on any atom is 0.326 e. The molecule has 2 N–H and O–H groups in total. The van der Waals surface area contributed by atoms with E-state index >= 15 is 0 Å². The summed E-state index contributed by atoms with van der Waals surface area (Å²) in [5.74, 6) is -6.51. The molecule has 2 rings (SSSR count). The van der Waals surface area contributed by atoms with Crippen LogP contribution in [-0.4, -0.2) is 23.0 Å². The van der Waals surface area contributed by atoms with Crippen molar-refractivity contribution in [3.63, 3.8) is 0 Å². The van der Waals surface area contributed by atoms with Gasteiger partial charge in [-0.15, -0.1) is 0 Å². The second-order valence-corrected chi connectivity index (χ2v) is 6.17. The molecule has 0 saturated heterocycles.